The molecule has 32 heavy (non-hydrogen) atoms. The zero-order valence-corrected chi connectivity index (χ0v) is 18.3. The summed E-state index contributed by atoms with van der Waals surface area (Å²) >= 11 is 0. The van der Waals surface area contributed by atoms with Crippen LogP contribution in [0.1, 0.15) is 16.8 Å². The average Bonchev–Trinajstić information content (AvgIpc) is 3.23. The molecule has 0 radical (unpaired) electrons. The molecule has 0 bridgehead atoms. The zero-order chi connectivity index (χ0) is 23.1. The Labute approximate surface area is 185 Å². The van der Waals surface area contributed by atoms with Gasteiger partial charge in [0.1, 0.15) is 12.1 Å². The minimum absolute atomic E-state index is 0.186. The van der Waals surface area contributed by atoms with E-state index in [0.29, 0.717) is 46.5 Å². The number of rotatable bonds is 9. The van der Waals surface area contributed by atoms with Crippen molar-refractivity contribution in [3.05, 3.63) is 42.4 Å². The molecular weight excluding hydrogens is 414 g/mol. The van der Waals surface area contributed by atoms with Gasteiger partial charge in [0, 0.05) is 33.5 Å². The average molecular weight is 439 g/mol. The molecule has 11 nitrogen and oxygen atoms in total. The highest BCUT2D eigenvalue weighted by Gasteiger charge is 2.18. The van der Waals surface area contributed by atoms with E-state index in [4.69, 9.17) is 9.47 Å². The summed E-state index contributed by atoms with van der Waals surface area (Å²) in [6, 6.07) is 7.05. The lowest BCUT2D eigenvalue weighted by Gasteiger charge is -2.16. The summed E-state index contributed by atoms with van der Waals surface area (Å²) in [5.74, 6) is 0.713. The van der Waals surface area contributed by atoms with Crippen LogP contribution in [0.25, 0.3) is 11.4 Å². The molecule has 3 rings (SSSR count). The molecule has 0 saturated carbocycles. The summed E-state index contributed by atoms with van der Waals surface area (Å²) in [5.41, 5.74) is 2.00. The van der Waals surface area contributed by atoms with E-state index in [9.17, 15) is 9.59 Å². The van der Waals surface area contributed by atoms with Crippen molar-refractivity contribution in [2.75, 3.05) is 38.5 Å². The summed E-state index contributed by atoms with van der Waals surface area (Å²) in [7, 11) is 6.37. The fourth-order valence-corrected chi connectivity index (χ4v) is 2.98. The van der Waals surface area contributed by atoms with Gasteiger partial charge < -0.3 is 25.4 Å². The third kappa shape index (κ3) is 5.19. The van der Waals surface area contributed by atoms with E-state index in [1.165, 1.54) is 20.4 Å². The van der Waals surface area contributed by atoms with Gasteiger partial charge in [-0.15, -0.1) is 0 Å². The second kappa shape index (κ2) is 10.4. The van der Waals surface area contributed by atoms with Gasteiger partial charge in [-0.25, -0.2) is 9.97 Å². The van der Waals surface area contributed by atoms with E-state index in [-0.39, 0.29) is 18.2 Å². The molecule has 0 saturated heterocycles. The SMILES string of the molecule is CNC(=O)c1cnc(NC(=O)CCOC)cc1Nc1cccc(-c2ncn(C)n2)c1OC. The molecule has 11 heteroatoms. The van der Waals surface area contributed by atoms with Gasteiger partial charge in [-0.2, -0.15) is 5.10 Å². The molecule has 0 fully saturated rings. The van der Waals surface area contributed by atoms with Crippen molar-refractivity contribution < 1.29 is 19.1 Å². The number of ether oxygens (including phenoxy) is 2. The van der Waals surface area contributed by atoms with Crippen molar-refractivity contribution in [1.29, 1.82) is 0 Å². The lowest BCUT2D eigenvalue weighted by Crippen LogP contribution is -2.20. The first-order chi connectivity index (χ1) is 15.5. The van der Waals surface area contributed by atoms with Crippen LogP contribution in [-0.2, 0) is 16.6 Å². The van der Waals surface area contributed by atoms with Crippen LogP contribution in [0.15, 0.2) is 36.8 Å². The number of benzene rings is 1. The molecule has 0 aliphatic carbocycles. The first-order valence-corrected chi connectivity index (χ1v) is 9.77. The highest BCUT2D eigenvalue weighted by molar-refractivity contribution is 6.01. The van der Waals surface area contributed by atoms with Crippen molar-refractivity contribution in [2.24, 2.45) is 7.05 Å². The van der Waals surface area contributed by atoms with Crippen LogP contribution in [0.2, 0.25) is 0 Å². The molecular formula is C21H25N7O4. The van der Waals surface area contributed by atoms with Gasteiger partial charge in [0.2, 0.25) is 5.91 Å². The number of aromatic nitrogens is 4. The quantitative estimate of drug-likeness (QED) is 0.461. The predicted octanol–water partition coefficient (Wildman–Crippen LogP) is 1.96. The number of nitrogens with zero attached hydrogens (tertiary/aromatic N) is 4. The van der Waals surface area contributed by atoms with Crippen LogP contribution in [0.3, 0.4) is 0 Å². The summed E-state index contributed by atoms with van der Waals surface area (Å²) in [6.45, 7) is 0.290. The molecule has 0 aliphatic rings. The van der Waals surface area contributed by atoms with Crippen LogP contribution in [0.4, 0.5) is 17.2 Å². The van der Waals surface area contributed by atoms with Gasteiger partial charge in [-0.05, 0) is 12.1 Å². The number of carbonyl (C=O) groups is 2. The van der Waals surface area contributed by atoms with Crippen molar-refractivity contribution in [1.82, 2.24) is 25.1 Å². The highest BCUT2D eigenvalue weighted by atomic mass is 16.5. The van der Waals surface area contributed by atoms with E-state index in [2.05, 4.69) is 31.0 Å². The number of pyridine rings is 1. The van der Waals surface area contributed by atoms with Gasteiger partial charge in [0.15, 0.2) is 11.6 Å². The number of aryl methyl sites for hydroxylation is 1. The first-order valence-electron chi connectivity index (χ1n) is 9.77. The maximum atomic E-state index is 12.4. The number of para-hydroxylation sites is 1. The second-order valence-electron chi connectivity index (χ2n) is 6.74. The highest BCUT2D eigenvalue weighted by Crippen LogP contribution is 2.37. The van der Waals surface area contributed by atoms with Crippen LogP contribution in [-0.4, -0.2) is 59.4 Å². The Morgan fingerprint density at radius 1 is 1.16 bits per heavy atom. The molecule has 2 heterocycles. The maximum absolute atomic E-state index is 12.4. The van der Waals surface area contributed by atoms with Gasteiger partial charge in [0.05, 0.1) is 42.6 Å². The number of anilines is 3. The van der Waals surface area contributed by atoms with E-state index in [0.717, 1.165) is 0 Å². The van der Waals surface area contributed by atoms with Crippen LogP contribution in [0.5, 0.6) is 5.75 Å². The fraction of sp³-hybridized carbons (Fsp3) is 0.286. The first kappa shape index (κ1) is 22.7. The normalized spacial score (nSPS) is 10.5. The maximum Gasteiger partial charge on any atom is 0.254 e. The molecule has 168 valence electrons. The molecule has 0 atom stereocenters. The Balaban J connectivity index is 1.98. The minimum Gasteiger partial charge on any atom is -0.494 e. The molecule has 3 N–H and O–H groups in total. The lowest BCUT2D eigenvalue weighted by atomic mass is 10.1. The number of hydrogen-bond acceptors (Lipinski definition) is 8. The van der Waals surface area contributed by atoms with Gasteiger partial charge in [-0.1, -0.05) is 6.07 Å². The summed E-state index contributed by atoms with van der Waals surface area (Å²) in [6.07, 6.45) is 3.18. The number of carbonyl (C=O) groups excluding carboxylic acids is 2. The predicted molar refractivity (Wildman–Crippen MR) is 119 cm³/mol. The smallest absolute Gasteiger partial charge is 0.254 e. The number of nitrogens with one attached hydrogen (secondary N) is 3. The van der Waals surface area contributed by atoms with Crippen molar-refractivity contribution in [3.63, 3.8) is 0 Å². The Kier molecular flexibility index (Phi) is 7.34. The van der Waals surface area contributed by atoms with Crippen molar-refractivity contribution in [3.8, 4) is 17.1 Å². The van der Waals surface area contributed by atoms with Crippen LogP contribution in [0, 0.1) is 0 Å². The second-order valence-corrected chi connectivity index (χ2v) is 6.74. The number of hydrogen-bond donors (Lipinski definition) is 3. The third-order valence-electron chi connectivity index (χ3n) is 4.51. The molecule has 1 aromatic carbocycles. The molecule has 0 unspecified atom stereocenters. The zero-order valence-electron chi connectivity index (χ0n) is 18.3. The standard InChI is InChI=1S/C21H25N7O4/c1-22-21(30)14-11-23-17(26-18(29)8-9-31-3)10-16(14)25-15-7-5-6-13(19(15)32-4)20-24-12-28(2)27-20/h5-7,10-12H,8-9H2,1-4H3,(H,22,30)(H2,23,25,26,29). The number of methoxy groups -OCH3 is 2. The van der Waals surface area contributed by atoms with Gasteiger partial charge in [-0.3, -0.25) is 14.3 Å². The molecule has 3 aromatic rings. The summed E-state index contributed by atoms with van der Waals surface area (Å²) in [5, 5.41) is 12.8. The van der Waals surface area contributed by atoms with Gasteiger partial charge in [0.25, 0.3) is 5.91 Å². The lowest BCUT2D eigenvalue weighted by molar-refractivity contribution is -0.117. The topological polar surface area (TPSA) is 132 Å². The Morgan fingerprint density at radius 3 is 2.62 bits per heavy atom. The van der Waals surface area contributed by atoms with Crippen molar-refractivity contribution in [2.45, 2.75) is 6.42 Å². The number of amides is 2. The van der Waals surface area contributed by atoms with E-state index >= 15 is 0 Å². The Morgan fingerprint density at radius 2 is 1.97 bits per heavy atom. The molecule has 2 aromatic heterocycles. The molecule has 2 amide bonds. The minimum atomic E-state index is -0.334. The monoisotopic (exact) mass is 439 g/mol. The van der Waals surface area contributed by atoms with Crippen LogP contribution >= 0.6 is 0 Å². The van der Waals surface area contributed by atoms with Gasteiger partial charge >= 0.3 is 0 Å². The Hall–Kier alpha value is -3.99. The third-order valence-corrected chi connectivity index (χ3v) is 4.51. The largest absolute Gasteiger partial charge is 0.494 e. The Bertz CT molecular complexity index is 1110. The van der Waals surface area contributed by atoms with E-state index in [1.54, 1.807) is 37.3 Å². The summed E-state index contributed by atoms with van der Waals surface area (Å²) < 4.78 is 12.1. The fourth-order valence-electron chi connectivity index (χ4n) is 2.98. The summed E-state index contributed by atoms with van der Waals surface area (Å²) in [4.78, 5) is 32.9. The van der Waals surface area contributed by atoms with E-state index in [1.807, 2.05) is 12.1 Å². The molecule has 0 spiro atoms. The molecule has 0 aliphatic heterocycles. The van der Waals surface area contributed by atoms with E-state index < -0.39 is 0 Å². The van der Waals surface area contributed by atoms with Crippen LogP contribution < -0.4 is 20.7 Å². The van der Waals surface area contributed by atoms with Crippen molar-refractivity contribution >= 4 is 29.0 Å².